The summed E-state index contributed by atoms with van der Waals surface area (Å²) in [4.78, 5) is 11.4. The lowest BCUT2D eigenvalue weighted by Gasteiger charge is -2.21. The monoisotopic (exact) mass is 240 g/mol. The Balaban J connectivity index is 2.23. The van der Waals surface area contributed by atoms with Crippen molar-refractivity contribution in [1.29, 1.82) is 0 Å². The summed E-state index contributed by atoms with van der Waals surface area (Å²) >= 11 is 0. The smallest absolute Gasteiger partial charge is 0.311 e. The van der Waals surface area contributed by atoms with Gasteiger partial charge in [-0.1, -0.05) is 30.3 Å². The van der Waals surface area contributed by atoms with E-state index < -0.39 is 11.9 Å². The summed E-state index contributed by atoms with van der Waals surface area (Å²) in [7, 11) is 0. The van der Waals surface area contributed by atoms with Crippen LogP contribution < -0.4 is 0 Å². The molecule has 1 aromatic rings. The Morgan fingerprint density at radius 3 is 2.94 bits per heavy atom. The molecule has 0 amide bonds. The maximum absolute atomic E-state index is 11.4. The standard InChI is InChI=1S/C15H12O3/c16-15(17)12-6-3-7-13-14(12)11-5-2-1-4-10(11)8-9-18-13/h1-5,7-9,12H,6H2,(H,16,17). The van der Waals surface area contributed by atoms with Crippen LogP contribution in [-0.4, -0.2) is 11.1 Å². The van der Waals surface area contributed by atoms with Gasteiger partial charge in [-0.15, -0.1) is 0 Å². The fraction of sp³-hybridized carbons (Fsp3) is 0.133. The van der Waals surface area contributed by atoms with Crippen LogP contribution in [0.25, 0.3) is 11.6 Å². The van der Waals surface area contributed by atoms with Crippen LogP contribution in [0.4, 0.5) is 0 Å². The first kappa shape index (κ1) is 10.8. The molecule has 0 fully saturated rings. The molecule has 0 spiro atoms. The molecule has 1 heterocycles. The third kappa shape index (κ3) is 1.64. The molecule has 1 unspecified atom stereocenters. The van der Waals surface area contributed by atoms with Crippen LogP contribution in [0, 0.1) is 5.92 Å². The first-order chi connectivity index (χ1) is 8.77. The van der Waals surface area contributed by atoms with E-state index in [1.165, 1.54) is 0 Å². The molecule has 18 heavy (non-hydrogen) atoms. The number of aliphatic carboxylic acids is 1. The molecule has 3 heteroatoms. The van der Waals surface area contributed by atoms with Crippen molar-refractivity contribution in [1.82, 2.24) is 0 Å². The van der Waals surface area contributed by atoms with Gasteiger partial charge in [-0.3, -0.25) is 4.79 Å². The number of fused-ring (bicyclic) bond motifs is 2. The van der Waals surface area contributed by atoms with Gasteiger partial charge in [0.05, 0.1) is 12.2 Å². The topological polar surface area (TPSA) is 46.5 Å². The average molecular weight is 240 g/mol. The fourth-order valence-corrected chi connectivity index (χ4v) is 2.41. The Morgan fingerprint density at radius 2 is 2.11 bits per heavy atom. The molecular weight excluding hydrogens is 228 g/mol. The van der Waals surface area contributed by atoms with E-state index in [1.807, 2.05) is 42.5 Å². The molecule has 1 atom stereocenters. The lowest BCUT2D eigenvalue weighted by molar-refractivity contribution is -0.139. The van der Waals surface area contributed by atoms with Gasteiger partial charge in [-0.05, 0) is 29.7 Å². The molecule has 0 radical (unpaired) electrons. The summed E-state index contributed by atoms with van der Waals surface area (Å²) in [5.74, 6) is -0.715. The van der Waals surface area contributed by atoms with E-state index in [4.69, 9.17) is 4.74 Å². The first-order valence-corrected chi connectivity index (χ1v) is 5.83. The highest BCUT2D eigenvalue weighted by Crippen LogP contribution is 2.38. The first-order valence-electron chi connectivity index (χ1n) is 5.83. The number of ether oxygens (including phenoxy) is 1. The Kier molecular flexibility index (Phi) is 2.52. The Morgan fingerprint density at radius 1 is 1.28 bits per heavy atom. The summed E-state index contributed by atoms with van der Waals surface area (Å²) in [6.07, 6.45) is 7.67. The molecule has 0 saturated carbocycles. The zero-order chi connectivity index (χ0) is 12.5. The van der Waals surface area contributed by atoms with Crippen LogP contribution >= 0.6 is 0 Å². The van der Waals surface area contributed by atoms with Crippen molar-refractivity contribution in [3.63, 3.8) is 0 Å². The zero-order valence-electron chi connectivity index (χ0n) is 9.67. The highest BCUT2D eigenvalue weighted by molar-refractivity contribution is 5.92. The van der Waals surface area contributed by atoms with E-state index in [2.05, 4.69) is 0 Å². The lowest BCUT2D eigenvalue weighted by Crippen LogP contribution is -2.18. The third-order valence-corrected chi connectivity index (χ3v) is 3.25. The van der Waals surface area contributed by atoms with E-state index in [1.54, 1.807) is 6.26 Å². The average Bonchev–Trinajstić information content (AvgIpc) is 2.57. The third-order valence-electron chi connectivity index (χ3n) is 3.25. The Bertz CT molecular complexity index is 594. The van der Waals surface area contributed by atoms with Gasteiger partial charge in [0, 0.05) is 5.57 Å². The lowest BCUT2D eigenvalue weighted by atomic mass is 9.84. The number of rotatable bonds is 1. The molecule has 3 rings (SSSR count). The minimum atomic E-state index is -0.813. The van der Waals surface area contributed by atoms with Gasteiger partial charge in [-0.25, -0.2) is 0 Å². The molecular formula is C15H12O3. The Hall–Kier alpha value is -2.29. The van der Waals surface area contributed by atoms with Crippen LogP contribution in [0.5, 0.6) is 0 Å². The normalized spacial score (nSPS) is 20.8. The number of carbonyl (C=O) groups is 1. The molecule has 2 aliphatic rings. The summed E-state index contributed by atoms with van der Waals surface area (Å²) in [5.41, 5.74) is 2.70. The number of hydrogen-bond donors (Lipinski definition) is 1. The van der Waals surface area contributed by atoms with Crippen LogP contribution in [0.15, 0.2) is 48.4 Å². The highest BCUT2D eigenvalue weighted by atomic mass is 16.5. The molecule has 3 nitrogen and oxygen atoms in total. The molecule has 1 aliphatic carbocycles. The molecule has 1 aliphatic heterocycles. The predicted molar refractivity (Wildman–Crippen MR) is 68.4 cm³/mol. The van der Waals surface area contributed by atoms with Crippen LogP contribution in [0.3, 0.4) is 0 Å². The van der Waals surface area contributed by atoms with Gasteiger partial charge in [-0.2, -0.15) is 0 Å². The maximum atomic E-state index is 11.4. The zero-order valence-corrected chi connectivity index (χ0v) is 9.67. The quantitative estimate of drug-likeness (QED) is 0.820. The van der Waals surface area contributed by atoms with Crippen LogP contribution in [-0.2, 0) is 9.53 Å². The van der Waals surface area contributed by atoms with E-state index >= 15 is 0 Å². The van der Waals surface area contributed by atoms with E-state index in [9.17, 15) is 9.90 Å². The fourth-order valence-electron chi connectivity index (χ4n) is 2.41. The van der Waals surface area contributed by atoms with Crippen molar-refractivity contribution in [2.75, 3.05) is 0 Å². The van der Waals surface area contributed by atoms with Crippen molar-refractivity contribution in [3.8, 4) is 0 Å². The largest absolute Gasteiger partial charge is 0.481 e. The number of carboxylic acids is 1. The molecule has 1 aromatic carbocycles. The second kappa shape index (κ2) is 4.18. The number of allylic oxidation sites excluding steroid dienone is 2. The van der Waals surface area contributed by atoms with E-state index in [0.717, 1.165) is 16.7 Å². The van der Waals surface area contributed by atoms with Gasteiger partial charge in [0.25, 0.3) is 0 Å². The van der Waals surface area contributed by atoms with Crippen molar-refractivity contribution >= 4 is 17.6 Å². The summed E-state index contributed by atoms with van der Waals surface area (Å²) in [6, 6.07) is 7.75. The SMILES string of the molecule is O=C(O)C1CC=CC2=C1c1ccccc1C=CO2. The second-order valence-corrected chi connectivity index (χ2v) is 4.31. The molecule has 1 N–H and O–H groups in total. The minimum absolute atomic E-state index is 0.506. The van der Waals surface area contributed by atoms with Gasteiger partial charge < -0.3 is 9.84 Å². The summed E-state index contributed by atoms with van der Waals surface area (Å²) in [6.45, 7) is 0. The van der Waals surface area contributed by atoms with Crippen molar-refractivity contribution < 1.29 is 14.6 Å². The minimum Gasteiger partial charge on any atom is -0.481 e. The van der Waals surface area contributed by atoms with Crippen molar-refractivity contribution in [2.45, 2.75) is 6.42 Å². The predicted octanol–water partition coefficient (Wildman–Crippen LogP) is 3.06. The van der Waals surface area contributed by atoms with Crippen LogP contribution in [0.2, 0.25) is 0 Å². The van der Waals surface area contributed by atoms with Crippen molar-refractivity contribution in [3.05, 3.63) is 59.6 Å². The molecule has 90 valence electrons. The number of hydrogen-bond acceptors (Lipinski definition) is 2. The second-order valence-electron chi connectivity index (χ2n) is 4.31. The van der Waals surface area contributed by atoms with Crippen LogP contribution in [0.1, 0.15) is 17.5 Å². The highest BCUT2D eigenvalue weighted by Gasteiger charge is 2.30. The van der Waals surface area contributed by atoms with Crippen molar-refractivity contribution in [2.24, 2.45) is 5.92 Å². The van der Waals surface area contributed by atoms with E-state index in [-0.39, 0.29) is 0 Å². The number of benzene rings is 1. The van der Waals surface area contributed by atoms with Gasteiger partial charge >= 0.3 is 5.97 Å². The van der Waals surface area contributed by atoms with Gasteiger partial charge in [0.2, 0.25) is 0 Å². The molecule has 0 aromatic heterocycles. The number of carboxylic acid groups (broad SMARTS) is 1. The molecule has 0 bridgehead atoms. The van der Waals surface area contributed by atoms with Gasteiger partial charge in [0.1, 0.15) is 5.76 Å². The Labute approximate surface area is 105 Å². The van der Waals surface area contributed by atoms with E-state index in [0.29, 0.717) is 12.2 Å². The summed E-state index contributed by atoms with van der Waals surface area (Å²) < 4.78 is 5.52. The van der Waals surface area contributed by atoms with Gasteiger partial charge in [0.15, 0.2) is 0 Å². The summed E-state index contributed by atoms with van der Waals surface area (Å²) in [5, 5.41) is 9.35. The maximum Gasteiger partial charge on any atom is 0.311 e. The molecule has 0 saturated heterocycles.